The van der Waals surface area contributed by atoms with Crippen molar-refractivity contribution in [3.05, 3.63) is 46.7 Å². The number of nitrogens with one attached hydrogen (secondary N) is 1. The second kappa shape index (κ2) is 9.67. The van der Waals surface area contributed by atoms with Crippen LogP contribution in [0.3, 0.4) is 0 Å². The SMILES string of the molecule is CCOC(=O)c1cc(-c2ccc(Cl)cc2)oc1CC(NC(=O)OC(C)(C)C)C(=O)O. The number of alkyl carbamates (subject to hydrolysis) is 1. The Hall–Kier alpha value is -3.00. The molecule has 1 atom stereocenters. The fourth-order valence-corrected chi connectivity index (χ4v) is 2.68. The van der Waals surface area contributed by atoms with Crippen molar-refractivity contribution in [1.29, 1.82) is 0 Å². The van der Waals surface area contributed by atoms with E-state index in [4.69, 9.17) is 25.5 Å². The Morgan fingerprint density at radius 3 is 2.37 bits per heavy atom. The second-order valence-electron chi connectivity index (χ2n) is 7.42. The number of hydrogen-bond donors (Lipinski definition) is 2. The summed E-state index contributed by atoms with van der Waals surface area (Å²) in [6, 6.07) is 6.82. The second-order valence-corrected chi connectivity index (χ2v) is 7.85. The third kappa shape index (κ3) is 6.52. The van der Waals surface area contributed by atoms with Crippen LogP contribution in [0.5, 0.6) is 0 Å². The van der Waals surface area contributed by atoms with E-state index >= 15 is 0 Å². The van der Waals surface area contributed by atoms with Crippen molar-refractivity contribution >= 4 is 29.6 Å². The highest BCUT2D eigenvalue weighted by Crippen LogP contribution is 2.28. The van der Waals surface area contributed by atoms with Crippen LogP contribution in [0, 0.1) is 0 Å². The predicted molar refractivity (Wildman–Crippen MR) is 110 cm³/mol. The van der Waals surface area contributed by atoms with Crippen LogP contribution in [0.2, 0.25) is 5.02 Å². The number of amides is 1. The van der Waals surface area contributed by atoms with Crippen molar-refractivity contribution in [1.82, 2.24) is 5.32 Å². The van der Waals surface area contributed by atoms with Gasteiger partial charge in [-0.15, -0.1) is 0 Å². The number of aliphatic carboxylic acids is 1. The highest BCUT2D eigenvalue weighted by atomic mass is 35.5. The summed E-state index contributed by atoms with van der Waals surface area (Å²) < 4.78 is 15.9. The first kappa shape index (κ1) is 23.3. The third-order valence-electron chi connectivity index (χ3n) is 3.81. The molecule has 1 unspecified atom stereocenters. The summed E-state index contributed by atoms with van der Waals surface area (Å²) in [5.74, 6) is -1.55. The molecule has 1 aromatic heterocycles. The maximum absolute atomic E-state index is 12.4. The molecule has 1 aromatic carbocycles. The number of carboxylic acid groups (broad SMARTS) is 1. The molecule has 2 rings (SSSR count). The monoisotopic (exact) mass is 437 g/mol. The standard InChI is InChI=1S/C21H24ClNO7/c1-5-28-19(26)14-10-16(12-6-8-13(22)9-7-12)29-17(14)11-15(18(24)25)23-20(27)30-21(2,3)4/h6-10,15H,5,11H2,1-4H3,(H,23,27)(H,24,25). The third-order valence-corrected chi connectivity index (χ3v) is 4.06. The van der Waals surface area contributed by atoms with Crippen molar-refractivity contribution in [2.45, 2.75) is 45.8 Å². The molecule has 1 amide bonds. The Bertz CT molecular complexity index is 912. The average molecular weight is 438 g/mol. The number of hydrogen-bond acceptors (Lipinski definition) is 6. The number of halogens is 1. The normalized spacial score (nSPS) is 12.2. The zero-order chi connectivity index (χ0) is 22.5. The van der Waals surface area contributed by atoms with Gasteiger partial charge in [0.15, 0.2) is 0 Å². The Kier molecular flexibility index (Phi) is 7.50. The molecule has 8 nitrogen and oxygen atoms in total. The maximum Gasteiger partial charge on any atom is 0.408 e. The van der Waals surface area contributed by atoms with Gasteiger partial charge in [0.05, 0.1) is 6.61 Å². The number of carboxylic acids is 1. The summed E-state index contributed by atoms with van der Waals surface area (Å²) in [6.45, 7) is 6.77. The summed E-state index contributed by atoms with van der Waals surface area (Å²) in [6.07, 6.45) is -1.17. The van der Waals surface area contributed by atoms with Gasteiger partial charge in [-0.05, 0) is 58.0 Å². The first-order valence-corrected chi connectivity index (χ1v) is 9.66. The fourth-order valence-electron chi connectivity index (χ4n) is 2.55. The van der Waals surface area contributed by atoms with Crippen LogP contribution < -0.4 is 5.32 Å². The highest BCUT2D eigenvalue weighted by molar-refractivity contribution is 6.30. The lowest BCUT2D eigenvalue weighted by molar-refractivity contribution is -0.139. The quantitative estimate of drug-likeness (QED) is 0.620. The molecule has 2 N–H and O–H groups in total. The van der Waals surface area contributed by atoms with Gasteiger partial charge in [0.1, 0.15) is 28.7 Å². The van der Waals surface area contributed by atoms with E-state index < -0.39 is 29.7 Å². The molecule has 30 heavy (non-hydrogen) atoms. The van der Waals surface area contributed by atoms with Gasteiger partial charge >= 0.3 is 18.0 Å². The highest BCUT2D eigenvalue weighted by Gasteiger charge is 2.29. The van der Waals surface area contributed by atoms with Gasteiger partial charge < -0.3 is 24.3 Å². The van der Waals surface area contributed by atoms with Gasteiger partial charge in [0, 0.05) is 17.0 Å². The number of carbonyl (C=O) groups excluding carboxylic acids is 2. The van der Waals surface area contributed by atoms with Gasteiger partial charge in [-0.2, -0.15) is 0 Å². The molecule has 2 aromatic rings. The van der Waals surface area contributed by atoms with Crippen LogP contribution in [0.4, 0.5) is 4.79 Å². The topological polar surface area (TPSA) is 115 Å². The molecule has 0 aliphatic carbocycles. The minimum absolute atomic E-state index is 0.0712. The van der Waals surface area contributed by atoms with E-state index in [0.29, 0.717) is 16.3 Å². The van der Waals surface area contributed by atoms with Crippen LogP contribution in [0.15, 0.2) is 34.7 Å². The Labute approximate surface area is 179 Å². The van der Waals surface area contributed by atoms with E-state index in [9.17, 15) is 19.5 Å². The van der Waals surface area contributed by atoms with Crippen LogP contribution in [0.1, 0.15) is 43.8 Å². The predicted octanol–water partition coefficient (Wildman–Crippen LogP) is 4.30. The minimum atomic E-state index is -1.38. The lowest BCUT2D eigenvalue weighted by Gasteiger charge is -2.21. The maximum atomic E-state index is 12.4. The summed E-state index contributed by atoms with van der Waals surface area (Å²) >= 11 is 5.90. The number of ether oxygens (including phenoxy) is 2. The lowest BCUT2D eigenvalue weighted by atomic mass is 10.1. The molecule has 0 saturated carbocycles. The van der Waals surface area contributed by atoms with E-state index in [1.165, 1.54) is 6.07 Å². The molecule has 0 radical (unpaired) electrons. The summed E-state index contributed by atoms with van der Waals surface area (Å²) in [5.41, 5.74) is -0.0717. The largest absolute Gasteiger partial charge is 0.480 e. The summed E-state index contributed by atoms with van der Waals surface area (Å²) in [7, 11) is 0. The smallest absolute Gasteiger partial charge is 0.408 e. The van der Waals surface area contributed by atoms with Crippen molar-refractivity contribution in [2.75, 3.05) is 6.61 Å². The number of benzene rings is 1. The molecule has 0 fully saturated rings. The van der Waals surface area contributed by atoms with Crippen molar-refractivity contribution in [3.63, 3.8) is 0 Å². The minimum Gasteiger partial charge on any atom is -0.480 e. The first-order valence-electron chi connectivity index (χ1n) is 9.28. The van der Waals surface area contributed by atoms with Crippen molar-refractivity contribution in [3.8, 4) is 11.3 Å². The number of carbonyl (C=O) groups is 3. The molecule has 0 aliphatic heterocycles. The van der Waals surface area contributed by atoms with Crippen LogP contribution >= 0.6 is 11.6 Å². The summed E-state index contributed by atoms with van der Waals surface area (Å²) in [5, 5.41) is 12.3. The van der Waals surface area contributed by atoms with Crippen LogP contribution in [-0.2, 0) is 20.7 Å². The molecule has 1 heterocycles. The van der Waals surface area contributed by atoms with E-state index in [1.807, 2.05) is 0 Å². The number of rotatable bonds is 7. The molecular formula is C21H24ClNO7. The summed E-state index contributed by atoms with van der Waals surface area (Å²) in [4.78, 5) is 36.1. The molecule has 0 aliphatic rings. The fraction of sp³-hybridized carbons (Fsp3) is 0.381. The van der Waals surface area contributed by atoms with Gasteiger partial charge in [0.2, 0.25) is 0 Å². The molecule has 9 heteroatoms. The lowest BCUT2D eigenvalue weighted by Crippen LogP contribution is -2.44. The van der Waals surface area contributed by atoms with Gasteiger partial charge in [-0.3, -0.25) is 0 Å². The average Bonchev–Trinajstić information content (AvgIpc) is 3.04. The number of esters is 1. The Morgan fingerprint density at radius 1 is 1.20 bits per heavy atom. The van der Waals surface area contributed by atoms with Crippen molar-refractivity contribution in [2.24, 2.45) is 0 Å². The Balaban J connectivity index is 2.34. The first-order chi connectivity index (χ1) is 14.0. The van der Waals surface area contributed by atoms with Gasteiger partial charge in [-0.1, -0.05) is 11.6 Å². The van der Waals surface area contributed by atoms with E-state index in [0.717, 1.165) is 0 Å². The van der Waals surface area contributed by atoms with Gasteiger partial charge in [0.25, 0.3) is 0 Å². The van der Waals surface area contributed by atoms with Crippen LogP contribution in [-0.4, -0.2) is 41.4 Å². The number of furan rings is 1. The van der Waals surface area contributed by atoms with E-state index in [2.05, 4.69) is 5.32 Å². The van der Waals surface area contributed by atoms with E-state index in [1.54, 1.807) is 52.0 Å². The zero-order valence-electron chi connectivity index (χ0n) is 17.2. The molecule has 0 bridgehead atoms. The van der Waals surface area contributed by atoms with Gasteiger partial charge in [-0.25, -0.2) is 14.4 Å². The Morgan fingerprint density at radius 2 is 1.83 bits per heavy atom. The van der Waals surface area contributed by atoms with E-state index in [-0.39, 0.29) is 24.4 Å². The molecular weight excluding hydrogens is 414 g/mol. The van der Waals surface area contributed by atoms with Crippen LogP contribution in [0.25, 0.3) is 11.3 Å². The van der Waals surface area contributed by atoms with Crippen molar-refractivity contribution < 1.29 is 33.4 Å². The molecule has 0 saturated heterocycles. The zero-order valence-corrected chi connectivity index (χ0v) is 17.9. The molecule has 162 valence electrons. The molecule has 0 spiro atoms.